The fourth-order valence-corrected chi connectivity index (χ4v) is 6.35. The van der Waals surface area contributed by atoms with Gasteiger partial charge in [0.25, 0.3) is 0 Å². The van der Waals surface area contributed by atoms with Crippen molar-refractivity contribution in [3.05, 3.63) is 54.1 Å². The summed E-state index contributed by atoms with van der Waals surface area (Å²) >= 11 is 0. The topological polar surface area (TPSA) is 127 Å². The van der Waals surface area contributed by atoms with Crippen molar-refractivity contribution in [1.29, 1.82) is 0 Å². The smallest absolute Gasteiger partial charge is 0.479 e. The van der Waals surface area contributed by atoms with Crippen LogP contribution in [0.3, 0.4) is 0 Å². The lowest BCUT2D eigenvalue weighted by Gasteiger charge is -2.51. The van der Waals surface area contributed by atoms with Crippen LogP contribution in [0.2, 0.25) is 0 Å². The number of alkyl halides is 3. The van der Waals surface area contributed by atoms with Crippen LogP contribution in [0.25, 0.3) is 11.5 Å². The minimum Gasteiger partial charge on any atom is -0.479 e. The quantitative estimate of drug-likeness (QED) is 0.393. The Bertz CT molecular complexity index is 1440. The number of carboxylic acid groups (broad SMARTS) is 1. The first kappa shape index (κ1) is 26.0. The lowest BCUT2D eigenvalue weighted by Crippen LogP contribution is -2.60. The van der Waals surface area contributed by atoms with Gasteiger partial charge < -0.3 is 24.3 Å². The number of hydrogen-bond acceptors (Lipinski definition) is 8. The summed E-state index contributed by atoms with van der Waals surface area (Å²) in [6, 6.07) is 12.9. The SMILES string of the molecule is O=C(O)COC(=O)N[C@]1(C2CC2)c2ccccc2N(c2nnc(-c3cccc(OC(F)(F)F)c3)o2)[C@@H]2CCC[C@@H]21. The highest BCUT2D eigenvalue weighted by atomic mass is 19.4. The lowest BCUT2D eigenvalue weighted by atomic mass is 9.68. The van der Waals surface area contributed by atoms with Crippen molar-refractivity contribution in [3.8, 4) is 17.2 Å². The maximum atomic E-state index is 12.8. The summed E-state index contributed by atoms with van der Waals surface area (Å²) < 4.78 is 53.2. The minimum atomic E-state index is -4.84. The number of aliphatic carboxylic acids is 1. The first-order valence-electron chi connectivity index (χ1n) is 12.9. The number of amides is 1. The Labute approximate surface area is 226 Å². The third kappa shape index (κ3) is 4.69. The molecule has 2 aromatic carbocycles. The molecule has 3 aromatic rings. The summed E-state index contributed by atoms with van der Waals surface area (Å²) in [4.78, 5) is 25.8. The number of hydrogen-bond donors (Lipinski definition) is 2. The first-order chi connectivity index (χ1) is 19.2. The molecule has 10 nitrogen and oxygen atoms in total. The van der Waals surface area contributed by atoms with Gasteiger partial charge >= 0.3 is 24.4 Å². The molecule has 40 heavy (non-hydrogen) atoms. The highest BCUT2D eigenvalue weighted by Gasteiger charge is 2.61. The maximum Gasteiger partial charge on any atom is 0.573 e. The van der Waals surface area contributed by atoms with E-state index in [1.165, 1.54) is 18.2 Å². The molecule has 0 spiro atoms. The highest BCUT2D eigenvalue weighted by Crippen LogP contribution is 2.61. The van der Waals surface area contributed by atoms with Gasteiger partial charge in [-0.15, -0.1) is 18.3 Å². The van der Waals surface area contributed by atoms with Gasteiger partial charge in [-0.1, -0.05) is 35.8 Å². The Morgan fingerprint density at radius 1 is 1.10 bits per heavy atom. The number of ether oxygens (including phenoxy) is 2. The van der Waals surface area contributed by atoms with E-state index >= 15 is 0 Å². The number of alkyl carbamates (subject to hydrolysis) is 1. The standard InChI is InChI=1S/C27H25F3N4O6/c28-27(29,30)40-17-6-3-5-15(13-17)23-32-33-24(39-23)34-20-9-2-1-7-18(20)26(16-11-12-16,19-8-4-10-21(19)34)31-25(37)38-14-22(35)36/h1-3,5-7,9,13,16,19,21H,4,8,10-12,14H2,(H,31,37)(H,35,36)/t19-,21+,26+/m0/s1. The number of carboxylic acids is 1. The van der Waals surface area contributed by atoms with Gasteiger partial charge in [0.2, 0.25) is 5.89 Å². The largest absolute Gasteiger partial charge is 0.573 e. The predicted molar refractivity (Wildman–Crippen MR) is 133 cm³/mol. The number of nitrogens with zero attached hydrogens (tertiary/aromatic N) is 3. The second-order valence-electron chi connectivity index (χ2n) is 10.2. The molecular formula is C27H25F3N4O6. The van der Waals surface area contributed by atoms with Crippen LogP contribution in [-0.4, -0.2) is 46.4 Å². The number of carbonyl (C=O) groups is 2. The number of benzene rings is 2. The molecule has 0 radical (unpaired) electrons. The van der Waals surface area contributed by atoms with E-state index in [4.69, 9.17) is 14.3 Å². The number of aromatic nitrogens is 2. The highest BCUT2D eigenvalue weighted by molar-refractivity contribution is 5.77. The van der Waals surface area contributed by atoms with Crippen molar-refractivity contribution in [2.24, 2.45) is 11.8 Å². The van der Waals surface area contributed by atoms with Gasteiger partial charge in [-0.2, -0.15) is 0 Å². The van der Waals surface area contributed by atoms with Crippen LogP contribution in [0.15, 0.2) is 52.9 Å². The Morgan fingerprint density at radius 2 is 1.90 bits per heavy atom. The van der Waals surface area contributed by atoms with Gasteiger partial charge in [0, 0.05) is 23.1 Å². The molecule has 2 aliphatic carbocycles. The first-order valence-corrected chi connectivity index (χ1v) is 12.9. The second-order valence-corrected chi connectivity index (χ2v) is 10.2. The number of carbonyl (C=O) groups excluding carboxylic acids is 1. The van der Waals surface area contributed by atoms with Crippen LogP contribution in [0.1, 0.15) is 37.7 Å². The summed E-state index contributed by atoms with van der Waals surface area (Å²) in [5, 5.41) is 20.4. The third-order valence-corrected chi connectivity index (χ3v) is 7.80. The summed E-state index contributed by atoms with van der Waals surface area (Å²) in [6.45, 7) is -0.742. The lowest BCUT2D eigenvalue weighted by molar-refractivity contribution is -0.274. The van der Waals surface area contributed by atoms with Gasteiger partial charge in [-0.25, -0.2) is 9.59 Å². The molecule has 3 atom stereocenters. The van der Waals surface area contributed by atoms with Gasteiger partial charge in [-0.05, 0) is 55.9 Å². The van der Waals surface area contributed by atoms with Crippen molar-refractivity contribution >= 4 is 23.8 Å². The molecule has 0 unspecified atom stereocenters. The van der Waals surface area contributed by atoms with E-state index in [0.717, 1.165) is 43.4 Å². The van der Waals surface area contributed by atoms with E-state index in [2.05, 4.69) is 20.3 Å². The van der Waals surface area contributed by atoms with Crippen molar-refractivity contribution in [1.82, 2.24) is 15.5 Å². The zero-order valence-electron chi connectivity index (χ0n) is 21.1. The molecule has 6 rings (SSSR count). The van der Waals surface area contributed by atoms with Crippen LogP contribution < -0.4 is 15.0 Å². The van der Waals surface area contributed by atoms with E-state index in [9.17, 15) is 22.8 Å². The van der Waals surface area contributed by atoms with Gasteiger partial charge in [0.15, 0.2) is 6.61 Å². The molecule has 13 heteroatoms. The molecule has 1 amide bonds. The van der Waals surface area contributed by atoms with Crippen LogP contribution in [-0.2, 0) is 15.1 Å². The number of halogens is 3. The molecule has 0 saturated heterocycles. The Kier molecular flexibility index (Phi) is 6.31. The molecule has 3 aliphatic rings. The van der Waals surface area contributed by atoms with E-state index in [0.29, 0.717) is 0 Å². The molecule has 0 bridgehead atoms. The van der Waals surface area contributed by atoms with Gasteiger partial charge in [-0.3, -0.25) is 4.90 Å². The summed E-state index contributed by atoms with van der Waals surface area (Å²) in [7, 11) is 0. The maximum absolute atomic E-state index is 12.8. The molecule has 2 heterocycles. The van der Waals surface area contributed by atoms with Crippen LogP contribution in [0.5, 0.6) is 5.75 Å². The third-order valence-electron chi connectivity index (χ3n) is 7.80. The molecule has 1 aromatic heterocycles. The number of rotatable bonds is 7. The fourth-order valence-electron chi connectivity index (χ4n) is 6.35. The van der Waals surface area contributed by atoms with Crippen LogP contribution in [0, 0.1) is 11.8 Å². The molecule has 210 valence electrons. The molecule has 2 saturated carbocycles. The summed E-state index contributed by atoms with van der Waals surface area (Å²) in [6.07, 6.45) is -1.39. The Balaban J connectivity index is 1.38. The van der Waals surface area contributed by atoms with Gasteiger partial charge in [0.05, 0.1) is 11.2 Å². The Morgan fingerprint density at radius 3 is 2.65 bits per heavy atom. The summed E-state index contributed by atoms with van der Waals surface area (Å²) in [5.74, 6) is -1.53. The fraction of sp³-hybridized carbons (Fsp3) is 0.407. The summed E-state index contributed by atoms with van der Waals surface area (Å²) in [5.41, 5.74) is 1.09. The number of para-hydroxylation sites is 1. The van der Waals surface area contributed by atoms with E-state index < -0.39 is 36.3 Å². The normalized spacial score (nSPS) is 23.7. The Hall–Kier alpha value is -4.29. The van der Waals surface area contributed by atoms with Crippen molar-refractivity contribution < 1.29 is 41.8 Å². The number of anilines is 2. The molecule has 2 N–H and O–H groups in total. The van der Waals surface area contributed by atoms with Crippen molar-refractivity contribution in [2.75, 3.05) is 11.5 Å². The minimum absolute atomic E-state index is 0.0315. The predicted octanol–water partition coefficient (Wildman–Crippen LogP) is 5.37. The van der Waals surface area contributed by atoms with E-state index in [1.54, 1.807) is 6.07 Å². The van der Waals surface area contributed by atoms with Crippen LogP contribution in [0.4, 0.5) is 29.7 Å². The van der Waals surface area contributed by atoms with E-state index in [-0.39, 0.29) is 35.3 Å². The number of nitrogens with one attached hydrogen (secondary N) is 1. The molecular weight excluding hydrogens is 533 g/mol. The van der Waals surface area contributed by atoms with Crippen molar-refractivity contribution in [2.45, 2.75) is 50.0 Å². The number of fused-ring (bicyclic) bond motifs is 2. The zero-order chi connectivity index (χ0) is 28.1. The van der Waals surface area contributed by atoms with Crippen LogP contribution >= 0.6 is 0 Å². The zero-order valence-corrected chi connectivity index (χ0v) is 21.1. The monoisotopic (exact) mass is 558 g/mol. The average molecular weight is 559 g/mol. The molecule has 1 aliphatic heterocycles. The second kappa shape index (κ2) is 9.72. The van der Waals surface area contributed by atoms with E-state index in [1.807, 2.05) is 29.2 Å². The molecule has 2 fully saturated rings. The van der Waals surface area contributed by atoms with Crippen molar-refractivity contribution in [3.63, 3.8) is 0 Å². The average Bonchev–Trinajstić information content (AvgIpc) is 3.45. The van der Waals surface area contributed by atoms with Gasteiger partial charge in [0.1, 0.15) is 5.75 Å².